The standard InChI is InChI=1S/C24H18Cl2N4O2S/c1-15(16-6-8-17(25)9-7-16)28-29-22(31)14-33-24-27-21-5-3-2-4-20(21)23(32)30(24)19-12-10-18(26)11-13-19/h2-13H,14H2,1H3,(H,29,31)/b28-15-. The van der Waals surface area contributed by atoms with Crippen LogP contribution in [0.15, 0.2) is 87.8 Å². The maximum atomic E-state index is 13.2. The number of amides is 1. The predicted molar refractivity (Wildman–Crippen MR) is 135 cm³/mol. The minimum atomic E-state index is -0.321. The molecule has 3 aromatic carbocycles. The van der Waals surface area contributed by atoms with Crippen LogP contribution in [0.4, 0.5) is 0 Å². The predicted octanol–water partition coefficient (Wildman–Crippen LogP) is 5.33. The molecule has 0 aliphatic rings. The summed E-state index contributed by atoms with van der Waals surface area (Å²) in [5.74, 6) is -0.297. The molecule has 4 aromatic rings. The Bertz CT molecular complexity index is 1400. The number of para-hydroxylation sites is 1. The summed E-state index contributed by atoms with van der Waals surface area (Å²) in [4.78, 5) is 30.3. The van der Waals surface area contributed by atoms with Gasteiger partial charge in [-0.2, -0.15) is 5.10 Å². The van der Waals surface area contributed by atoms with Crippen LogP contribution in [-0.4, -0.2) is 26.9 Å². The lowest BCUT2D eigenvalue weighted by Crippen LogP contribution is -2.24. The van der Waals surface area contributed by atoms with Gasteiger partial charge in [0.2, 0.25) is 0 Å². The van der Waals surface area contributed by atoms with E-state index in [2.05, 4.69) is 15.5 Å². The highest BCUT2D eigenvalue weighted by molar-refractivity contribution is 7.99. The average molecular weight is 497 g/mol. The van der Waals surface area contributed by atoms with Crippen LogP contribution < -0.4 is 11.0 Å². The molecule has 0 aliphatic heterocycles. The first-order chi connectivity index (χ1) is 15.9. The number of halogens is 2. The molecule has 0 unspecified atom stereocenters. The number of thioether (sulfide) groups is 1. The van der Waals surface area contributed by atoms with Crippen LogP contribution in [-0.2, 0) is 4.79 Å². The van der Waals surface area contributed by atoms with Crippen molar-refractivity contribution in [3.8, 4) is 5.69 Å². The summed E-state index contributed by atoms with van der Waals surface area (Å²) in [5.41, 5.74) is 4.99. The molecule has 4 rings (SSSR count). The van der Waals surface area contributed by atoms with Crippen molar-refractivity contribution < 1.29 is 4.79 Å². The van der Waals surface area contributed by atoms with Gasteiger partial charge in [0.25, 0.3) is 11.5 Å². The van der Waals surface area contributed by atoms with Crippen LogP contribution in [0.1, 0.15) is 12.5 Å². The van der Waals surface area contributed by atoms with Crippen molar-refractivity contribution >= 4 is 57.5 Å². The molecule has 1 heterocycles. The SMILES string of the molecule is C/C(=N/NC(=O)CSc1nc2ccccc2c(=O)n1-c1ccc(Cl)cc1)c1ccc(Cl)cc1. The summed E-state index contributed by atoms with van der Waals surface area (Å²) in [6.07, 6.45) is 0. The average Bonchev–Trinajstić information content (AvgIpc) is 2.82. The van der Waals surface area contributed by atoms with Crippen molar-refractivity contribution in [2.75, 3.05) is 5.75 Å². The number of carbonyl (C=O) groups is 1. The normalized spacial score (nSPS) is 11.5. The van der Waals surface area contributed by atoms with Crippen LogP contribution in [0, 0.1) is 0 Å². The van der Waals surface area contributed by atoms with Gasteiger partial charge in [0, 0.05) is 10.0 Å². The number of fused-ring (bicyclic) bond motifs is 1. The van der Waals surface area contributed by atoms with Crippen LogP contribution in [0.5, 0.6) is 0 Å². The highest BCUT2D eigenvalue weighted by Crippen LogP contribution is 2.22. The second-order valence-corrected chi connectivity index (χ2v) is 8.87. The monoisotopic (exact) mass is 496 g/mol. The van der Waals surface area contributed by atoms with Crippen molar-refractivity contribution in [3.63, 3.8) is 0 Å². The van der Waals surface area contributed by atoms with Crippen molar-refractivity contribution in [2.45, 2.75) is 12.1 Å². The summed E-state index contributed by atoms with van der Waals surface area (Å²) >= 11 is 13.1. The van der Waals surface area contributed by atoms with Gasteiger partial charge in [-0.15, -0.1) is 0 Å². The zero-order chi connectivity index (χ0) is 23.4. The highest BCUT2D eigenvalue weighted by Gasteiger charge is 2.15. The second kappa shape index (κ2) is 10.2. The molecule has 1 N–H and O–H groups in total. The van der Waals surface area contributed by atoms with E-state index in [-0.39, 0.29) is 17.2 Å². The largest absolute Gasteiger partial charge is 0.272 e. The van der Waals surface area contributed by atoms with Crippen LogP contribution in [0.3, 0.4) is 0 Å². The number of rotatable bonds is 6. The fourth-order valence-electron chi connectivity index (χ4n) is 3.09. The van der Waals surface area contributed by atoms with Gasteiger partial charge in [-0.1, -0.05) is 59.2 Å². The minimum Gasteiger partial charge on any atom is -0.272 e. The van der Waals surface area contributed by atoms with E-state index in [1.54, 1.807) is 61.5 Å². The van der Waals surface area contributed by atoms with Crippen LogP contribution in [0.2, 0.25) is 10.0 Å². The van der Waals surface area contributed by atoms with Crippen LogP contribution >= 0.6 is 35.0 Å². The first kappa shape index (κ1) is 23.0. The van der Waals surface area contributed by atoms with E-state index in [4.69, 9.17) is 23.2 Å². The van der Waals surface area contributed by atoms with Gasteiger partial charge in [0.05, 0.1) is 28.1 Å². The number of hydrogen-bond acceptors (Lipinski definition) is 5. The summed E-state index contributed by atoms with van der Waals surface area (Å²) in [7, 11) is 0. The third kappa shape index (κ3) is 5.45. The molecule has 0 fully saturated rings. The first-order valence-electron chi connectivity index (χ1n) is 9.92. The molecule has 9 heteroatoms. The van der Waals surface area contributed by atoms with Gasteiger partial charge in [-0.05, 0) is 61.0 Å². The molecular weight excluding hydrogens is 479 g/mol. The van der Waals surface area contributed by atoms with Crippen molar-refractivity contribution in [1.29, 1.82) is 0 Å². The van der Waals surface area contributed by atoms with Crippen molar-refractivity contribution in [2.24, 2.45) is 5.10 Å². The quantitative estimate of drug-likeness (QED) is 0.169. The zero-order valence-corrected chi connectivity index (χ0v) is 19.8. The fourth-order valence-corrected chi connectivity index (χ4v) is 4.15. The van der Waals surface area contributed by atoms with E-state index in [0.717, 1.165) is 17.3 Å². The molecule has 0 aliphatic carbocycles. The number of carbonyl (C=O) groups excluding carboxylic acids is 1. The van der Waals surface area contributed by atoms with E-state index >= 15 is 0 Å². The molecule has 1 aromatic heterocycles. The van der Waals surface area contributed by atoms with Gasteiger partial charge in [0.15, 0.2) is 5.16 Å². The molecule has 0 atom stereocenters. The van der Waals surface area contributed by atoms with Crippen LogP contribution in [0.25, 0.3) is 16.6 Å². The Balaban J connectivity index is 1.57. The lowest BCUT2D eigenvalue weighted by atomic mass is 10.1. The number of aromatic nitrogens is 2. The summed E-state index contributed by atoms with van der Waals surface area (Å²) in [6.45, 7) is 1.79. The summed E-state index contributed by atoms with van der Waals surface area (Å²) in [6, 6.07) is 21.2. The minimum absolute atomic E-state index is 0.0236. The smallest absolute Gasteiger partial charge is 0.266 e. The Morgan fingerprint density at radius 2 is 1.64 bits per heavy atom. The molecule has 0 bridgehead atoms. The molecular formula is C24H18Cl2N4O2S. The van der Waals surface area contributed by atoms with Gasteiger partial charge in [-0.3, -0.25) is 14.2 Å². The third-order valence-corrected chi connectivity index (χ3v) is 6.21. The number of hydrogen-bond donors (Lipinski definition) is 1. The molecule has 6 nitrogen and oxygen atoms in total. The molecule has 0 radical (unpaired) electrons. The maximum absolute atomic E-state index is 13.2. The Hall–Kier alpha value is -3.13. The lowest BCUT2D eigenvalue weighted by Gasteiger charge is -2.13. The third-order valence-electron chi connectivity index (χ3n) is 4.77. The molecule has 0 spiro atoms. The molecule has 1 amide bonds. The van der Waals surface area contributed by atoms with Gasteiger partial charge < -0.3 is 0 Å². The zero-order valence-electron chi connectivity index (χ0n) is 17.5. The van der Waals surface area contributed by atoms with Gasteiger partial charge in [-0.25, -0.2) is 10.4 Å². The Morgan fingerprint density at radius 3 is 2.33 bits per heavy atom. The topological polar surface area (TPSA) is 76.3 Å². The Labute approximate surface area is 204 Å². The maximum Gasteiger partial charge on any atom is 0.266 e. The van der Waals surface area contributed by atoms with E-state index in [0.29, 0.717) is 37.5 Å². The second-order valence-electron chi connectivity index (χ2n) is 7.06. The first-order valence-corrected chi connectivity index (χ1v) is 11.7. The molecule has 33 heavy (non-hydrogen) atoms. The summed E-state index contributed by atoms with van der Waals surface area (Å²) < 4.78 is 1.48. The summed E-state index contributed by atoms with van der Waals surface area (Å²) in [5, 5.41) is 6.22. The fraction of sp³-hybridized carbons (Fsp3) is 0.0833. The molecule has 0 saturated heterocycles. The van der Waals surface area contributed by atoms with E-state index in [1.807, 2.05) is 18.2 Å². The molecule has 166 valence electrons. The Morgan fingerprint density at radius 1 is 1.00 bits per heavy atom. The van der Waals surface area contributed by atoms with Crippen molar-refractivity contribution in [3.05, 3.63) is 98.8 Å². The van der Waals surface area contributed by atoms with Gasteiger partial charge >= 0.3 is 0 Å². The van der Waals surface area contributed by atoms with Crippen molar-refractivity contribution in [1.82, 2.24) is 15.0 Å². The van der Waals surface area contributed by atoms with E-state index in [9.17, 15) is 9.59 Å². The Kier molecular flexibility index (Phi) is 7.13. The number of nitrogens with one attached hydrogen (secondary N) is 1. The number of benzene rings is 3. The number of nitrogens with zero attached hydrogens (tertiary/aromatic N) is 3. The lowest BCUT2D eigenvalue weighted by molar-refractivity contribution is -0.118. The van der Waals surface area contributed by atoms with Gasteiger partial charge in [0.1, 0.15) is 0 Å². The number of hydrazone groups is 1. The molecule has 0 saturated carbocycles. The highest BCUT2D eigenvalue weighted by atomic mass is 35.5. The van der Waals surface area contributed by atoms with E-state index < -0.39 is 0 Å². The van der Waals surface area contributed by atoms with E-state index in [1.165, 1.54) is 4.57 Å².